The number of rotatable bonds is 3. The molecule has 2 rings (SSSR count). The zero-order chi connectivity index (χ0) is 12.3. The number of piperidine rings is 1. The summed E-state index contributed by atoms with van der Waals surface area (Å²) in [6.07, 6.45) is 9.05. The molecule has 0 aromatic carbocycles. The van der Waals surface area contributed by atoms with Crippen LogP contribution < -0.4 is 0 Å². The lowest BCUT2D eigenvalue weighted by atomic mass is 9.76. The van der Waals surface area contributed by atoms with Crippen LogP contribution in [0.3, 0.4) is 0 Å². The fourth-order valence-corrected chi connectivity index (χ4v) is 3.09. The lowest BCUT2D eigenvalue weighted by Gasteiger charge is -2.36. The highest BCUT2D eigenvalue weighted by Gasteiger charge is 2.44. The van der Waals surface area contributed by atoms with Crippen LogP contribution in [0.15, 0.2) is 12.2 Å². The third kappa shape index (κ3) is 2.71. The summed E-state index contributed by atoms with van der Waals surface area (Å²) in [4.78, 5) is 25.4. The van der Waals surface area contributed by atoms with Crippen molar-refractivity contribution < 1.29 is 9.59 Å². The molecule has 0 atom stereocenters. The number of likely N-dealkylation sites (tertiary alicyclic amines) is 1. The minimum Gasteiger partial charge on any atom is -0.279 e. The second-order valence-electron chi connectivity index (χ2n) is 5.08. The fraction of sp³-hybridized carbons (Fsp3) is 0.692. The Hall–Kier alpha value is -0.830. The monoisotopic (exact) mass is 255 g/mol. The van der Waals surface area contributed by atoms with Crippen LogP contribution in [0.1, 0.15) is 38.5 Å². The largest absolute Gasteiger partial charge is 0.279 e. The predicted molar refractivity (Wildman–Crippen MR) is 66.7 cm³/mol. The molecule has 1 spiro atoms. The van der Waals surface area contributed by atoms with Crippen LogP contribution in [0.25, 0.3) is 0 Å². The summed E-state index contributed by atoms with van der Waals surface area (Å²) in [6, 6.07) is 0. The van der Waals surface area contributed by atoms with Crippen molar-refractivity contribution in [1.29, 1.82) is 0 Å². The van der Waals surface area contributed by atoms with E-state index in [1.54, 1.807) is 12.2 Å². The van der Waals surface area contributed by atoms with Gasteiger partial charge in [-0.1, -0.05) is 25.0 Å². The van der Waals surface area contributed by atoms with Crippen LogP contribution in [0.2, 0.25) is 0 Å². The average molecular weight is 256 g/mol. The zero-order valence-corrected chi connectivity index (χ0v) is 10.7. The van der Waals surface area contributed by atoms with Crippen molar-refractivity contribution in [1.82, 2.24) is 4.90 Å². The second-order valence-corrected chi connectivity index (χ2v) is 5.39. The van der Waals surface area contributed by atoms with Gasteiger partial charge in [-0.2, -0.15) is 0 Å². The Bertz CT molecular complexity index is 325. The van der Waals surface area contributed by atoms with Gasteiger partial charge in [0.1, 0.15) is 0 Å². The standard InChI is InChI=1S/C13H18ClNO2/c14-7-3-4-8-15-11(16)9-13(10-12(15)17)5-1-2-6-13/h3-4H,1-2,5-10H2. The van der Waals surface area contributed by atoms with Crippen LogP contribution in [-0.2, 0) is 9.59 Å². The van der Waals surface area contributed by atoms with Crippen molar-refractivity contribution in [3.63, 3.8) is 0 Å². The molecule has 1 aliphatic carbocycles. The van der Waals surface area contributed by atoms with Gasteiger partial charge in [-0.05, 0) is 18.3 Å². The molecule has 0 unspecified atom stereocenters. The molecule has 1 heterocycles. The molecule has 0 radical (unpaired) electrons. The molecule has 0 bridgehead atoms. The van der Waals surface area contributed by atoms with E-state index in [0.29, 0.717) is 25.3 Å². The molecule has 2 aliphatic rings. The summed E-state index contributed by atoms with van der Waals surface area (Å²) in [5, 5.41) is 0. The Balaban J connectivity index is 2.01. The summed E-state index contributed by atoms with van der Waals surface area (Å²) in [5.41, 5.74) is 0.000859. The summed E-state index contributed by atoms with van der Waals surface area (Å²) < 4.78 is 0. The Morgan fingerprint density at radius 3 is 2.24 bits per heavy atom. The van der Waals surface area contributed by atoms with Crippen molar-refractivity contribution in [2.75, 3.05) is 12.4 Å². The van der Waals surface area contributed by atoms with Gasteiger partial charge in [0.2, 0.25) is 11.8 Å². The number of hydrogen-bond acceptors (Lipinski definition) is 2. The molecule has 2 fully saturated rings. The third-order valence-corrected chi connectivity index (χ3v) is 4.04. The number of imide groups is 1. The maximum Gasteiger partial charge on any atom is 0.230 e. The van der Waals surface area contributed by atoms with Gasteiger partial charge in [0.25, 0.3) is 0 Å². The number of nitrogens with zero attached hydrogens (tertiary/aromatic N) is 1. The molecular formula is C13H18ClNO2. The number of carbonyl (C=O) groups is 2. The number of carbonyl (C=O) groups excluding carboxylic acids is 2. The van der Waals surface area contributed by atoms with Crippen LogP contribution in [0.5, 0.6) is 0 Å². The van der Waals surface area contributed by atoms with E-state index >= 15 is 0 Å². The Kier molecular flexibility index (Phi) is 3.87. The number of hydrogen-bond donors (Lipinski definition) is 0. The van der Waals surface area contributed by atoms with Gasteiger partial charge < -0.3 is 0 Å². The molecular weight excluding hydrogens is 238 g/mol. The van der Waals surface area contributed by atoms with E-state index < -0.39 is 0 Å². The lowest BCUT2D eigenvalue weighted by molar-refractivity contribution is -0.152. The van der Waals surface area contributed by atoms with Crippen LogP contribution in [0.4, 0.5) is 0 Å². The zero-order valence-electron chi connectivity index (χ0n) is 9.95. The predicted octanol–water partition coefficient (Wildman–Crippen LogP) is 2.49. The fourth-order valence-electron chi connectivity index (χ4n) is 2.96. The Morgan fingerprint density at radius 1 is 1.12 bits per heavy atom. The number of allylic oxidation sites excluding steroid dienone is 1. The van der Waals surface area contributed by atoms with Gasteiger partial charge in [0, 0.05) is 25.3 Å². The quantitative estimate of drug-likeness (QED) is 0.441. The number of alkyl halides is 1. The average Bonchev–Trinajstić information content (AvgIpc) is 2.70. The summed E-state index contributed by atoms with van der Waals surface area (Å²) in [6.45, 7) is 0.375. The first-order chi connectivity index (χ1) is 8.17. The number of amides is 2. The van der Waals surface area contributed by atoms with Gasteiger partial charge >= 0.3 is 0 Å². The van der Waals surface area contributed by atoms with Crippen LogP contribution in [0, 0.1) is 5.41 Å². The minimum atomic E-state index is -0.0117. The maximum atomic E-state index is 12.0. The SMILES string of the molecule is O=C1CC2(CCCC2)CC(=O)N1CC=CCCl. The van der Waals surface area contributed by atoms with Crippen molar-refractivity contribution in [3.05, 3.63) is 12.2 Å². The normalized spacial score (nSPS) is 24.2. The summed E-state index contributed by atoms with van der Waals surface area (Å²) >= 11 is 5.52. The minimum absolute atomic E-state index is 0.000859. The van der Waals surface area contributed by atoms with Gasteiger partial charge in [-0.3, -0.25) is 14.5 Å². The molecule has 1 saturated carbocycles. The van der Waals surface area contributed by atoms with Crippen molar-refractivity contribution in [2.24, 2.45) is 5.41 Å². The van der Waals surface area contributed by atoms with Crippen molar-refractivity contribution in [3.8, 4) is 0 Å². The lowest BCUT2D eigenvalue weighted by Crippen LogP contribution is -2.47. The van der Waals surface area contributed by atoms with Gasteiger partial charge in [-0.15, -0.1) is 11.6 Å². The molecule has 3 nitrogen and oxygen atoms in total. The van der Waals surface area contributed by atoms with Gasteiger partial charge in [0.05, 0.1) is 0 Å². The summed E-state index contributed by atoms with van der Waals surface area (Å²) in [7, 11) is 0. The first kappa shape index (κ1) is 12.6. The van der Waals surface area contributed by atoms with E-state index in [9.17, 15) is 9.59 Å². The maximum absolute atomic E-state index is 12.0. The van der Waals surface area contributed by atoms with Crippen molar-refractivity contribution in [2.45, 2.75) is 38.5 Å². The molecule has 4 heteroatoms. The molecule has 94 valence electrons. The summed E-state index contributed by atoms with van der Waals surface area (Å²) in [5.74, 6) is 0.393. The molecule has 2 amide bonds. The Labute approximate surface area is 107 Å². The van der Waals surface area contributed by atoms with E-state index in [0.717, 1.165) is 25.7 Å². The number of halogens is 1. The van der Waals surface area contributed by atoms with Crippen LogP contribution in [-0.4, -0.2) is 29.1 Å². The van der Waals surface area contributed by atoms with E-state index in [2.05, 4.69) is 0 Å². The second kappa shape index (κ2) is 5.21. The Morgan fingerprint density at radius 2 is 1.71 bits per heavy atom. The van der Waals surface area contributed by atoms with E-state index in [1.807, 2.05) is 0 Å². The highest BCUT2D eigenvalue weighted by atomic mass is 35.5. The molecule has 0 N–H and O–H groups in total. The topological polar surface area (TPSA) is 37.4 Å². The van der Waals surface area contributed by atoms with Crippen LogP contribution >= 0.6 is 11.6 Å². The first-order valence-electron chi connectivity index (χ1n) is 6.21. The van der Waals surface area contributed by atoms with Crippen molar-refractivity contribution >= 4 is 23.4 Å². The van der Waals surface area contributed by atoms with Gasteiger partial charge in [-0.25, -0.2) is 0 Å². The first-order valence-corrected chi connectivity index (χ1v) is 6.74. The molecule has 1 saturated heterocycles. The van der Waals surface area contributed by atoms with E-state index in [1.165, 1.54) is 4.90 Å². The third-order valence-electron chi connectivity index (χ3n) is 3.86. The van der Waals surface area contributed by atoms with E-state index in [-0.39, 0.29) is 17.2 Å². The molecule has 1 aliphatic heterocycles. The molecule has 0 aromatic heterocycles. The highest BCUT2D eigenvalue weighted by molar-refractivity contribution is 6.18. The molecule has 0 aromatic rings. The highest BCUT2D eigenvalue weighted by Crippen LogP contribution is 2.46. The molecule has 17 heavy (non-hydrogen) atoms. The smallest absolute Gasteiger partial charge is 0.230 e. The van der Waals surface area contributed by atoms with Gasteiger partial charge in [0.15, 0.2) is 0 Å². The van der Waals surface area contributed by atoms with E-state index in [4.69, 9.17) is 11.6 Å².